The van der Waals surface area contributed by atoms with E-state index in [1.54, 1.807) is 17.0 Å². The first-order chi connectivity index (χ1) is 19.9. The molecular formula is C33H33N5O3. The minimum atomic E-state index is -0.577. The van der Waals surface area contributed by atoms with Crippen LogP contribution in [0, 0.1) is 0 Å². The molecule has 2 heterocycles. The van der Waals surface area contributed by atoms with Crippen LogP contribution in [0.25, 0.3) is 17.0 Å². The molecule has 8 nitrogen and oxygen atoms in total. The third-order valence-electron chi connectivity index (χ3n) is 7.00. The molecule has 0 saturated carbocycles. The molecule has 0 radical (unpaired) electrons. The minimum absolute atomic E-state index is 0.0936. The summed E-state index contributed by atoms with van der Waals surface area (Å²) in [5, 5.41) is 8.07. The SMILES string of the molecule is CCCc1ccc(N(C(=O)CN2C=CN(c3ccccc3)C(=O)/C(=C/c3n[nH]c4ccccc34)C2=O)C(C)C)cc1. The number of anilines is 2. The van der Waals surface area contributed by atoms with Gasteiger partial charge in [-0.15, -0.1) is 0 Å². The van der Waals surface area contributed by atoms with Crippen LogP contribution in [-0.4, -0.2) is 45.4 Å². The maximum absolute atomic E-state index is 13.9. The van der Waals surface area contributed by atoms with Gasteiger partial charge >= 0.3 is 0 Å². The van der Waals surface area contributed by atoms with Gasteiger partial charge in [-0.25, -0.2) is 0 Å². The van der Waals surface area contributed by atoms with Gasteiger partial charge in [0.15, 0.2) is 0 Å². The summed E-state index contributed by atoms with van der Waals surface area (Å²) >= 11 is 0. The number of aryl methyl sites for hydroxylation is 1. The van der Waals surface area contributed by atoms with Gasteiger partial charge in [-0.2, -0.15) is 5.10 Å². The smallest absolute Gasteiger partial charge is 0.268 e. The maximum atomic E-state index is 13.9. The lowest BCUT2D eigenvalue weighted by atomic mass is 10.1. The van der Waals surface area contributed by atoms with Crippen LogP contribution in [0.4, 0.5) is 11.4 Å². The Balaban J connectivity index is 1.51. The van der Waals surface area contributed by atoms with Gasteiger partial charge in [0, 0.05) is 35.2 Å². The van der Waals surface area contributed by atoms with E-state index in [4.69, 9.17) is 0 Å². The number of aromatic nitrogens is 2. The highest BCUT2D eigenvalue weighted by atomic mass is 16.2. The Morgan fingerprint density at radius 2 is 1.63 bits per heavy atom. The standard InChI is InChI=1S/C33H33N5O3/c1-4-10-24-15-17-26(18-16-24)38(23(2)3)31(39)22-36-19-20-37(25-11-6-5-7-12-25)33(41)28(32(36)40)21-30-27-13-8-9-14-29(27)34-35-30/h5-9,11-21,23H,4,10,22H2,1-3H3,(H,34,35)/b28-21+. The van der Waals surface area contributed by atoms with Crippen molar-refractivity contribution in [2.75, 3.05) is 16.3 Å². The number of para-hydroxylation sites is 2. The Labute approximate surface area is 239 Å². The predicted octanol–water partition coefficient (Wildman–Crippen LogP) is 5.69. The average molecular weight is 548 g/mol. The van der Waals surface area contributed by atoms with E-state index in [1.807, 2.05) is 80.6 Å². The Hall–Kier alpha value is -4.98. The number of amides is 3. The molecule has 3 amide bonds. The van der Waals surface area contributed by atoms with E-state index in [0.29, 0.717) is 11.4 Å². The molecule has 0 unspecified atom stereocenters. The van der Waals surface area contributed by atoms with E-state index in [2.05, 4.69) is 17.1 Å². The van der Waals surface area contributed by atoms with Crippen LogP contribution in [0.3, 0.4) is 0 Å². The van der Waals surface area contributed by atoms with Crippen molar-refractivity contribution < 1.29 is 14.4 Å². The zero-order valence-corrected chi connectivity index (χ0v) is 23.4. The monoisotopic (exact) mass is 547 g/mol. The molecular weight excluding hydrogens is 514 g/mol. The zero-order chi connectivity index (χ0) is 28.9. The van der Waals surface area contributed by atoms with Crippen molar-refractivity contribution in [3.63, 3.8) is 0 Å². The number of rotatable bonds is 8. The molecule has 1 aromatic heterocycles. The number of nitrogens with zero attached hydrogens (tertiary/aromatic N) is 4. The lowest BCUT2D eigenvalue weighted by Gasteiger charge is -2.29. The molecule has 0 atom stereocenters. The summed E-state index contributed by atoms with van der Waals surface area (Å²) in [7, 11) is 0. The third-order valence-corrected chi connectivity index (χ3v) is 7.00. The first-order valence-electron chi connectivity index (χ1n) is 13.8. The lowest BCUT2D eigenvalue weighted by Crippen LogP contribution is -2.44. The summed E-state index contributed by atoms with van der Waals surface area (Å²) in [5.41, 5.74) is 3.73. The van der Waals surface area contributed by atoms with E-state index in [9.17, 15) is 14.4 Å². The Kier molecular flexibility index (Phi) is 8.10. The number of nitrogens with one attached hydrogen (secondary N) is 1. The van der Waals surface area contributed by atoms with Crippen molar-refractivity contribution in [1.29, 1.82) is 0 Å². The van der Waals surface area contributed by atoms with Crippen LogP contribution >= 0.6 is 0 Å². The molecule has 4 aromatic rings. The van der Waals surface area contributed by atoms with E-state index >= 15 is 0 Å². The van der Waals surface area contributed by atoms with Gasteiger partial charge in [0.05, 0.1) is 11.2 Å². The highest BCUT2D eigenvalue weighted by Crippen LogP contribution is 2.26. The average Bonchev–Trinajstić information content (AvgIpc) is 3.34. The Bertz CT molecular complexity index is 1620. The molecule has 1 aliphatic heterocycles. The second-order valence-corrected chi connectivity index (χ2v) is 10.2. The first kappa shape index (κ1) is 27.6. The second kappa shape index (κ2) is 12.0. The number of H-pyrrole nitrogens is 1. The van der Waals surface area contributed by atoms with Gasteiger partial charge in [-0.3, -0.25) is 24.4 Å². The summed E-state index contributed by atoms with van der Waals surface area (Å²) < 4.78 is 0. The molecule has 41 heavy (non-hydrogen) atoms. The molecule has 5 rings (SSSR count). The summed E-state index contributed by atoms with van der Waals surface area (Å²) in [6.45, 7) is 5.77. The Morgan fingerprint density at radius 1 is 0.927 bits per heavy atom. The number of carbonyl (C=O) groups excluding carboxylic acids is 3. The van der Waals surface area contributed by atoms with Crippen LogP contribution in [0.1, 0.15) is 38.4 Å². The normalized spacial score (nSPS) is 14.8. The molecule has 0 bridgehead atoms. The van der Waals surface area contributed by atoms with Crippen LogP contribution in [0.5, 0.6) is 0 Å². The van der Waals surface area contributed by atoms with Crippen molar-refractivity contribution >= 4 is 46.1 Å². The number of aromatic amines is 1. The number of carbonyl (C=O) groups is 3. The largest absolute Gasteiger partial charge is 0.308 e. The number of hydrogen-bond donors (Lipinski definition) is 1. The molecule has 1 aliphatic rings. The van der Waals surface area contributed by atoms with Crippen molar-refractivity contribution in [2.45, 2.75) is 39.7 Å². The van der Waals surface area contributed by atoms with Crippen LogP contribution in [-0.2, 0) is 20.8 Å². The van der Waals surface area contributed by atoms with Crippen LogP contribution in [0.15, 0.2) is 96.8 Å². The fraction of sp³-hybridized carbons (Fsp3) is 0.212. The van der Waals surface area contributed by atoms with Gasteiger partial charge < -0.3 is 9.80 Å². The second-order valence-electron chi connectivity index (χ2n) is 10.2. The first-order valence-corrected chi connectivity index (χ1v) is 13.8. The molecule has 8 heteroatoms. The zero-order valence-electron chi connectivity index (χ0n) is 23.4. The summed E-state index contributed by atoms with van der Waals surface area (Å²) in [4.78, 5) is 45.9. The number of hydrogen-bond acceptors (Lipinski definition) is 4. The predicted molar refractivity (Wildman–Crippen MR) is 162 cm³/mol. The summed E-state index contributed by atoms with van der Waals surface area (Å²) in [6.07, 6.45) is 6.53. The van der Waals surface area contributed by atoms with Gasteiger partial charge in [-0.1, -0.05) is 61.9 Å². The minimum Gasteiger partial charge on any atom is -0.308 e. The fourth-order valence-corrected chi connectivity index (χ4v) is 4.99. The molecule has 208 valence electrons. The van der Waals surface area contributed by atoms with Crippen molar-refractivity contribution in [1.82, 2.24) is 15.1 Å². The highest BCUT2D eigenvalue weighted by molar-refractivity contribution is 6.28. The van der Waals surface area contributed by atoms with E-state index < -0.39 is 11.8 Å². The van der Waals surface area contributed by atoms with E-state index in [-0.39, 0.29) is 24.1 Å². The van der Waals surface area contributed by atoms with Crippen molar-refractivity contribution in [3.8, 4) is 0 Å². The van der Waals surface area contributed by atoms with Crippen LogP contribution < -0.4 is 9.80 Å². The van der Waals surface area contributed by atoms with Gasteiger partial charge in [0.25, 0.3) is 11.8 Å². The molecule has 3 aromatic carbocycles. The topological polar surface area (TPSA) is 89.6 Å². The molecule has 0 aliphatic carbocycles. The van der Waals surface area contributed by atoms with E-state index in [1.165, 1.54) is 33.8 Å². The van der Waals surface area contributed by atoms with Crippen molar-refractivity contribution in [2.24, 2.45) is 0 Å². The lowest BCUT2D eigenvalue weighted by molar-refractivity contribution is -0.131. The quantitative estimate of drug-likeness (QED) is 0.227. The third kappa shape index (κ3) is 5.82. The van der Waals surface area contributed by atoms with Crippen LogP contribution in [0.2, 0.25) is 0 Å². The van der Waals surface area contributed by atoms with E-state index in [0.717, 1.165) is 29.4 Å². The highest BCUT2D eigenvalue weighted by Gasteiger charge is 2.33. The fourth-order valence-electron chi connectivity index (χ4n) is 4.99. The van der Waals surface area contributed by atoms with Gasteiger partial charge in [0.1, 0.15) is 12.1 Å². The Morgan fingerprint density at radius 3 is 2.34 bits per heavy atom. The molecule has 0 spiro atoms. The van der Waals surface area contributed by atoms with Crippen molar-refractivity contribution in [3.05, 3.63) is 108 Å². The number of fused-ring (bicyclic) bond motifs is 1. The van der Waals surface area contributed by atoms with Gasteiger partial charge in [-0.05, 0) is 62.2 Å². The molecule has 1 N–H and O–H groups in total. The summed E-state index contributed by atoms with van der Waals surface area (Å²) in [6, 6.07) is 24.4. The molecule has 0 fully saturated rings. The summed E-state index contributed by atoms with van der Waals surface area (Å²) in [5.74, 6) is -1.34. The van der Waals surface area contributed by atoms with Gasteiger partial charge in [0.2, 0.25) is 5.91 Å². The maximum Gasteiger partial charge on any atom is 0.268 e. The molecule has 0 saturated heterocycles. The number of benzene rings is 3.